The van der Waals surface area contributed by atoms with Crippen LogP contribution in [0.4, 0.5) is 5.69 Å². The summed E-state index contributed by atoms with van der Waals surface area (Å²) in [6, 6.07) is 5.97. The lowest BCUT2D eigenvalue weighted by Gasteiger charge is -2.28. The molecule has 0 fully saturated rings. The van der Waals surface area contributed by atoms with Crippen molar-refractivity contribution in [2.45, 2.75) is 20.3 Å². The Bertz CT molecular complexity index is 426. The molecule has 0 amide bonds. The number of hydrogen-bond acceptors (Lipinski definition) is 3. The second kappa shape index (κ2) is 7.14. The molecule has 3 N–H and O–H groups in total. The number of anilines is 1. The zero-order chi connectivity index (χ0) is 14.4. The molecule has 0 bridgehead atoms. The average molecular weight is 262 g/mol. The predicted octanol–water partition coefficient (Wildman–Crippen LogP) is 2.06. The molecule has 106 valence electrons. The number of nitrogens with two attached hydrogens (primary N) is 1. The van der Waals surface area contributed by atoms with Gasteiger partial charge in [-0.25, -0.2) is 0 Å². The molecule has 19 heavy (non-hydrogen) atoms. The summed E-state index contributed by atoms with van der Waals surface area (Å²) in [5.41, 5.74) is 8.83. The molecule has 0 aliphatic rings. The molecule has 0 saturated carbocycles. The topological polar surface area (TPSA) is 56.4 Å². The van der Waals surface area contributed by atoms with Crippen LogP contribution in [0.15, 0.2) is 18.2 Å². The Hall–Kier alpha value is -1.55. The van der Waals surface area contributed by atoms with E-state index in [1.54, 1.807) is 0 Å². The van der Waals surface area contributed by atoms with Crippen LogP contribution < -0.4 is 10.6 Å². The Labute approximate surface area is 116 Å². The van der Waals surface area contributed by atoms with E-state index in [0.29, 0.717) is 0 Å². The SMILES string of the molecule is CCN(CCCN(C)C)c1c(C)cccc1C(=N)N. The lowest BCUT2D eigenvalue weighted by molar-refractivity contribution is 0.400. The number of nitrogens with one attached hydrogen (secondary N) is 1. The van der Waals surface area contributed by atoms with Crippen LogP contribution in [0.5, 0.6) is 0 Å². The molecule has 0 atom stereocenters. The largest absolute Gasteiger partial charge is 0.384 e. The van der Waals surface area contributed by atoms with Gasteiger partial charge in [0, 0.05) is 18.7 Å². The number of rotatable bonds is 7. The summed E-state index contributed by atoms with van der Waals surface area (Å²) in [5, 5.41) is 7.73. The number of nitrogen functional groups attached to an aromatic ring is 1. The van der Waals surface area contributed by atoms with Crippen molar-refractivity contribution in [3.8, 4) is 0 Å². The number of para-hydroxylation sites is 1. The van der Waals surface area contributed by atoms with E-state index in [4.69, 9.17) is 11.1 Å². The van der Waals surface area contributed by atoms with Crippen LogP contribution in [0.2, 0.25) is 0 Å². The molecular formula is C15H26N4. The maximum absolute atomic E-state index is 7.73. The van der Waals surface area contributed by atoms with Gasteiger partial charge in [-0.15, -0.1) is 0 Å². The molecule has 1 rings (SSSR count). The predicted molar refractivity (Wildman–Crippen MR) is 83.3 cm³/mol. The number of aryl methyl sites for hydroxylation is 1. The highest BCUT2D eigenvalue weighted by atomic mass is 15.1. The quantitative estimate of drug-likeness (QED) is 0.584. The molecule has 1 aromatic carbocycles. The van der Waals surface area contributed by atoms with Gasteiger partial charge in [0.15, 0.2) is 0 Å². The van der Waals surface area contributed by atoms with Crippen LogP contribution in [0, 0.1) is 12.3 Å². The van der Waals surface area contributed by atoms with E-state index in [0.717, 1.165) is 37.3 Å². The number of amidine groups is 1. The first kappa shape index (κ1) is 15.5. The van der Waals surface area contributed by atoms with E-state index in [9.17, 15) is 0 Å². The van der Waals surface area contributed by atoms with Crippen molar-refractivity contribution in [2.24, 2.45) is 5.73 Å². The van der Waals surface area contributed by atoms with Gasteiger partial charge in [-0.2, -0.15) is 0 Å². The third kappa shape index (κ3) is 4.24. The van der Waals surface area contributed by atoms with Crippen LogP contribution >= 0.6 is 0 Å². The third-order valence-corrected chi connectivity index (χ3v) is 3.26. The first-order valence-corrected chi connectivity index (χ1v) is 6.81. The Balaban J connectivity index is 2.94. The van der Waals surface area contributed by atoms with Crippen molar-refractivity contribution >= 4 is 11.5 Å². The molecule has 0 aliphatic carbocycles. The second-order valence-corrected chi connectivity index (χ2v) is 5.12. The van der Waals surface area contributed by atoms with Gasteiger partial charge in [0.2, 0.25) is 0 Å². The minimum Gasteiger partial charge on any atom is -0.384 e. The van der Waals surface area contributed by atoms with Crippen molar-refractivity contribution < 1.29 is 0 Å². The molecule has 0 radical (unpaired) electrons. The maximum atomic E-state index is 7.73. The van der Waals surface area contributed by atoms with E-state index >= 15 is 0 Å². The summed E-state index contributed by atoms with van der Waals surface area (Å²) in [6.07, 6.45) is 1.10. The monoisotopic (exact) mass is 262 g/mol. The fourth-order valence-corrected chi connectivity index (χ4v) is 2.30. The molecular weight excluding hydrogens is 236 g/mol. The molecule has 0 heterocycles. The fourth-order valence-electron chi connectivity index (χ4n) is 2.30. The summed E-state index contributed by atoms with van der Waals surface area (Å²) in [5.74, 6) is 0.143. The fraction of sp³-hybridized carbons (Fsp3) is 0.533. The number of nitrogens with zero attached hydrogens (tertiary/aromatic N) is 2. The van der Waals surface area contributed by atoms with Crippen molar-refractivity contribution in [1.29, 1.82) is 5.41 Å². The van der Waals surface area contributed by atoms with Gasteiger partial charge in [0.25, 0.3) is 0 Å². The molecule has 1 aromatic rings. The zero-order valence-corrected chi connectivity index (χ0v) is 12.5. The zero-order valence-electron chi connectivity index (χ0n) is 12.5. The first-order chi connectivity index (χ1) is 8.97. The van der Waals surface area contributed by atoms with Gasteiger partial charge in [-0.05, 0) is 52.5 Å². The number of hydrogen-bond donors (Lipinski definition) is 2. The summed E-state index contributed by atoms with van der Waals surface area (Å²) in [6.45, 7) is 7.21. The van der Waals surface area contributed by atoms with Crippen LogP contribution in [-0.2, 0) is 0 Å². The molecule has 0 saturated heterocycles. The van der Waals surface area contributed by atoms with Gasteiger partial charge >= 0.3 is 0 Å². The Kier molecular flexibility index (Phi) is 5.83. The standard InChI is InChI=1S/C15H26N4/c1-5-19(11-7-10-18(3)4)14-12(2)8-6-9-13(14)15(16)17/h6,8-9H,5,7,10-11H2,1-4H3,(H3,16,17). The minimum absolute atomic E-state index is 0.143. The maximum Gasteiger partial charge on any atom is 0.124 e. The summed E-state index contributed by atoms with van der Waals surface area (Å²) < 4.78 is 0. The van der Waals surface area contributed by atoms with Crippen molar-refractivity contribution in [1.82, 2.24) is 4.90 Å². The highest BCUT2D eigenvalue weighted by Crippen LogP contribution is 2.25. The van der Waals surface area contributed by atoms with Gasteiger partial charge in [-0.3, -0.25) is 5.41 Å². The van der Waals surface area contributed by atoms with Gasteiger partial charge in [0.1, 0.15) is 5.84 Å². The van der Waals surface area contributed by atoms with E-state index in [1.165, 1.54) is 5.56 Å². The number of benzene rings is 1. The smallest absolute Gasteiger partial charge is 0.124 e. The summed E-state index contributed by atoms with van der Waals surface area (Å²) in [7, 11) is 4.18. The molecule has 4 nitrogen and oxygen atoms in total. The third-order valence-electron chi connectivity index (χ3n) is 3.26. The summed E-state index contributed by atoms with van der Waals surface area (Å²) >= 11 is 0. The van der Waals surface area contributed by atoms with Gasteiger partial charge in [-0.1, -0.05) is 12.1 Å². The van der Waals surface area contributed by atoms with Crippen molar-refractivity contribution in [3.05, 3.63) is 29.3 Å². The minimum atomic E-state index is 0.143. The molecule has 0 aromatic heterocycles. The lowest BCUT2D eigenvalue weighted by atomic mass is 10.1. The molecule has 0 unspecified atom stereocenters. The van der Waals surface area contributed by atoms with E-state index in [2.05, 4.69) is 43.8 Å². The lowest BCUT2D eigenvalue weighted by Crippen LogP contribution is -2.30. The molecule has 0 aliphatic heterocycles. The van der Waals surface area contributed by atoms with Crippen LogP contribution in [-0.4, -0.2) is 44.5 Å². The van der Waals surface area contributed by atoms with Gasteiger partial charge in [0.05, 0.1) is 5.69 Å². The van der Waals surface area contributed by atoms with Crippen LogP contribution in [0.3, 0.4) is 0 Å². The highest BCUT2D eigenvalue weighted by Gasteiger charge is 2.14. The van der Waals surface area contributed by atoms with Gasteiger partial charge < -0.3 is 15.5 Å². The molecule has 0 spiro atoms. The van der Waals surface area contributed by atoms with Crippen LogP contribution in [0.1, 0.15) is 24.5 Å². The second-order valence-electron chi connectivity index (χ2n) is 5.12. The Morgan fingerprint density at radius 1 is 1.26 bits per heavy atom. The van der Waals surface area contributed by atoms with E-state index < -0.39 is 0 Å². The Morgan fingerprint density at radius 2 is 1.95 bits per heavy atom. The van der Waals surface area contributed by atoms with Crippen molar-refractivity contribution in [3.63, 3.8) is 0 Å². The average Bonchev–Trinajstić information content (AvgIpc) is 2.34. The Morgan fingerprint density at radius 3 is 2.47 bits per heavy atom. The van der Waals surface area contributed by atoms with Crippen molar-refractivity contribution in [2.75, 3.05) is 38.6 Å². The normalized spacial score (nSPS) is 10.8. The highest BCUT2D eigenvalue weighted by molar-refractivity contribution is 6.01. The molecule has 4 heteroatoms. The van der Waals surface area contributed by atoms with E-state index in [1.807, 2.05) is 12.1 Å². The van der Waals surface area contributed by atoms with E-state index in [-0.39, 0.29) is 5.84 Å². The van der Waals surface area contributed by atoms with Crippen LogP contribution in [0.25, 0.3) is 0 Å². The summed E-state index contributed by atoms with van der Waals surface area (Å²) in [4.78, 5) is 4.51. The first-order valence-electron chi connectivity index (χ1n) is 6.81.